The quantitative estimate of drug-likeness (QED) is 0.668. The fourth-order valence-electron chi connectivity index (χ4n) is 3.08. The molecule has 0 N–H and O–H groups in total. The van der Waals surface area contributed by atoms with Gasteiger partial charge in [-0.1, -0.05) is 0 Å². The number of piperazine rings is 1. The lowest BCUT2D eigenvalue weighted by Crippen LogP contribution is -2.49. The van der Waals surface area contributed by atoms with Crippen LogP contribution in [0.25, 0.3) is 5.82 Å². The first kappa shape index (κ1) is 17.8. The number of anilines is 1. The van der Waals surface area contributed by atoms with Gasteiger partial charge in [-0.3, -0.25) is 4.79 Å². The third kappa shape index (κ3) is 3.48. The summed E-state index contributed by atoms with van der Waals surface area (Å²) in [6.07, 6.45) is 4.48. The van der Waals surface area contributed by atoms with Gasteiger partial charge in [-0.05, 0) is 18.2 Å². The second-order valence-corrected chi connectivity index (χ2v) is 6.20. The van der Waals surface area contributed by atoms with Gasteiger partial charge in [-0.2, -0.15) is 5.10 Å². The van der Waals surface area contributed by atoms with Crippen molar-refractivity contribution in [2.24, 2.45) is 0 Å². The molecule has 0 unspecified atom stereocenters. The molecule has 1 aliphatic rings. The van der Waals surface area contributed by atoms with Crippen LogP contribution in [0.5, 0.6) is 5.75 Å². The summed E-state index contributed by atoms with van der Waals surface area (Å²) in [5, 5.41) is 4.07. The Morgan fingerprint density at radius 2 is 1.86 bits per heavy atom. The number of benzene rings is 1. The van der Waals surface area contributed by atoms with E-state index in [4.69, 9.17) is 4.74 Å². The number of carbonyl (C=O) groups excluding carboxylic acids is 1. The molecular weight excluding hydrogens is 365 g/mol. The first-order valence-electron chi connectivity index (χ1n) is 8.70. The summed E-state index contributed by atoms with van der Waals surface area (Å²) in [5.41, 5.74) is 0.308. The highest BCUT2D eigenvalue weighted by Gasteiger charge is 2.24. The Labute approximate surface area is 160 Å². The fraction of sp³-hybridized carbons (Fsp3) is 0.278. The molecule has 1 amide bonds. The number of hydrogen-bond acceptors (Lipinski definition) is 7. The number of ether oxygens (including phenoxy) is 1. The minimum Gasteiger partial charge on any atom is -0.494 e. The number of aromatic nitrogens is 5. The van der Waals surface area contributed by atoms with Crippen molar-refractivity contribution in [2.45, 2.75) is 0 Å². The molecule has 2 aromatic heterocycles. The van der Waals surface area contributed by atoms with Crippen LogP contribution in [0, 0.1) is 5.82 Å². The fourth-order valence-corrected chi connectivity index (χ4v) is 3.08. The summed E-state index contributed by atoms with van der Waals surface area (Å²) in [7, 11) is 1.39. The van der Waals surface area contributed by atoms with Crippen LogP contribution >= 0.6 is 0 Å². The Morgan fingerprint density at radius 3 is 2.54 bits per heavy atom. The van der Waals surface area contributed by atoms with Crippen LogP contribution in [0.3, 0.4) is 0 Å². The van der Waals surface area contributed by atoms with E-state index in [1.165, 1.54) is 31.9 Å². The maximum absolute atomic E-state index is 13.9. The largest absolute Gasteiger partial charge is 0.494 e. The van der Waals surface area contributed by atoms with E-state index in [1.54, 1.807) is 22.0 Å². The Kier molecular flexibility index (Phi) is 4.83. The zero-order chi connectivity index (χ0) is 19.5. The third-order valence-electron chi connectivity index (χ3n) is 4.58. The summed E-state index contributed by atoms with van der Waals surface area (Å²) in [4.78, 5) is 28.9. The van der Waals surface area contributed by atoms with Crippen molar-refractivity contribution in [2.75, 3.05) is 38.2 Å². The molecule has 3 heterocycles. The summed E-state index contributed by atoms with van der Waals surface area (Å²) >= 11 is 0. The van der Waals surface area contributed by atoms with E-state index in [2.05, 4.69) is 25.0 Å². The van der Waals surface area contributed by atoms with Crippen molar-refractivity contribution < 1.29 is 13.9 Å². The molecule has 4 rings (SSSR count). The number of methoxy groups -OCH3 is 1. The molecule has 9 nitrogen and oxygen atoms in total. The monoisotopic (exact) mass is 383 g/mol. The van der Waals surface area contributed by atoms with Gasteiger partial charge in [0.25, 0.3) is 5.91 Å². The van der Waals surface area contributed by atoms with E-state index < -0.39 is 5.82 Å². The van der Waals surface area contributed by atoms with Crippen molar-refractivity contribution in [1.82, 2.24) is 29.6 Å². The molecule has 1 fully saturated rings. The van der Waals surface area contributed by atoms with Gasteiger partial charge in [0.1, 0.15) is 24.8 Å². The van der Waals surface area contributed by atoms with Gasteiger partial charge < -0.3 is 14.5 Å². The third-order valence-corrected chi connectivity index (χ3v) is 4.58. The Morgan fingerprint density at radius 1 is 1.07 bits per heavy atom. The summed E-state index contributed by atoms with van der Waals surface area (Å²) in [6.45, 7) is 2.24. The van der Waals surface area contributed by atoms with Gasteiger partial charge in [-0.25, -0.2) is 24.0 Å². The molecule has 10 heteroatoms. The molecule has 0 aliphatic carbocycles. The van der Waals surface area contributed by atoms with Crippen molar-refractivity contribution >= 4 is 11.7 Å². The summed E-state index contributed by atoms with van der Waals surface area (Å²) < 4.78 is 20.3. The van der Waals surface area contributed by atoms with Gasteiger partial charge in [0.2, 0.25) is 0 Å². The molecule has 1 aromatic carbocycles. The lowest BCUT2D eigenvalue weighted by molar-refractivity contribution is 0.0746. The highest BCUT2D eigenvalue weighted by Crippen LogP contribution is 2.20. The zero-order valence-corrected chi connectivity index (χ0v) is 15.2. The van der Waals surface area contributed by atoms with E-state index >= 15 is 0 Å². The molecule has 0 saturated carbocycles. The highest BCUT2D eigenvalue weighted by atomic mass is 19.1. The van der Waals surface area contributed by atoms with Gasteiger partial charge in [0.05, 0.1) is 7.11 Å². The van der Waals surface area contributed by atoms with Crippen LogP contribution in [0.2, 0.25) is 0 Å². The molecule has 3 aromatic rings. The maximum atomic E-state index is 13.9. The summed E-state index contributed by atoms with van der Waals surface area (Å²) in [6, 6.07) is 6.07. The number of carbonyl (C=O) groups is 1. The van der Waals surface area contributed by atoms with Crippen LogP contribution in [0.4, 0.5) is 10.2 Å². The molecule has 144 valence electrons. The average molecular weight is 383 g/mol. The van der Waals surface area contributed by atoms with Crippen LogP contribution in [-0.4, -0.2) is 68.8 Å². The van der Waals surface area contributed by atoms with E-state index in [-0.39, 0.29) is 11.7 Å². The Bertz CT molecular complexity index is 972. The number of nitrogens with zero attached hydrogens (tertiary/aromatic N) is 7. The van der Waals surface area contributed by atoms with Crippen LogP contribution in [0.15, 0.2) is 43.2 Å². The van der Waals surface area contributed by atoms with E-state index in [1.807, 2.05) is 6.07 Å². The lowest BCUT2D eigenvalue weighted by Gasteiger charge is -2.35. The number of rotatable bonds is 4. The summed E-state index contributed by atoms with van der Waals surface area (Å²) in [5.74, 6) is 0.743. The Balaban J connectivity index is 1.43. The highest BCUT2D eigenvalue weighted by molar-refractivity contribution is 5.94. The molecule has 1 saturated heterocycles. The molecular formula is C18H18FN7O2. The van der Waals surface area contributed by atoms with E-state index in [0.717, 1.165) is 5.82 Å². The van der Waals surface area contributed by atoms with Gasteiger partial charge >= 0.3 is 0 Å². The molecule has 0 atom stereocenters. The average Bonchev–Trinajstić information content (AvgIpc) is 3.28. The second-order valence-electron chi connectivity index (χ2n) is 6.20. The van der Waals surface area contributed by atoms with Crippen LogP contribution < -0.4 is 9.64 Å². The molecule has 0 spiro atoms. The molecule has 0 bridgehead atoms. The predicted octanol–water partition coefficient (Wildman–Crippen LogP) is 1.17. The van der Waals surface area contributed by atoms with Crippen molar-refractivity contribution in [3.8, 4) is 11.6 Å². The van der Waals surface area contributed by atoms with Gasteiger partial charge in [0, 0.05) is 37.8 Å². The topological polar surface area (TPSA) is 89.3 Å². The van der Waals surface area contributed by atoms with Crippen LogP contribution in [0.1, 0.15) is 10.4 Å². The standard InChI is InChI=1S/C18H18FN7O2/c1-28-15-3-2-13(8-14(15)19)18(27)25-6-4-24(5-7-25)16-9-17(22-11-21-16)26-12-20-10-23-26/h2-3,8-12H,4-7H2,1H3. The van der Waals surface area contributed by atoms with E-state index in [9.17, 15) is 9.18 Å². The molecule has 0 radical (unpaired) electrons. The first-order chi connectivity index (χ1) is 13.7. The second kappa shape index (κ2) is 7.59. The van der Waals surface area contributed by atoms with Crippen molar-refractivity contribution in [3.05, 3.63) is 54.6 Å². The van der Waals surface area contributed by atoms with E-state index in [0.29, 0.717) is 37.6 Å². The van der Waals surface area contributed by atoms with Gasteiger partial charge in [-0.15, -0.1) is 0 Å². The smallest absolute Gasteiger partial charge is 0.254 e. The van der Waals surface area contributed by atoms with Gasteiger partial charge in [0.15, 0.2) is 17.4 Å². The Hall–Kier alpha value is -3.56. The number of halogens is 1. The normalized spacial score (nSPS) is 14.2. The first-order valence-corrected chi connectivity index (χ1v) is 8.70. The lowest BCUT2D eigenvalue weighted by atomic mass is 10.1. The van der Waals surface area contributed by atoms with Crippen molar-refractivity contribution in [3.63, 3.8) is 0 Å². The molecule has 28 heavy (non-hydrogen) atoms. The predicted molar refractivity (Wildman–Crippen MR) is 98.0 cm³/mol. The SMILES string of the molecule is COc1ccc(C(=O)N2CCN(c3cc(-n4cncn4)ncn3)CC2)cc1F. The number of amides is 1. The van der Waals surface area contributed by atoms with Crippen molar-refractivity contribution in [1.29, 1.82) is 0 Å². The number of hydrogen-bond donors (Lipinski definition) is 0. The zero-order valence-electron chi connectivity index (χ0n) is 15.2. The van der Waals surface area contributed by atoms with Crippen LogP contribution in [-0.2, 0) is 0 Å². The minimum absolute atomic E-state index is 0.119. The maximum Gasteiger partial charge on any atom is 0.254 e. The minimum atomic E-state index is -0.548. The molecule has 1 aliphatic heterocycles.